The van der Waals surface area contributed by atoms with Gasteiger partial charge in [-0.1, -0.05) is 11.6 Å². The first kappa shape index (κ1) is 21.5. The Hall–Kier alpha value is -3.17. The molecule has 0 spiro atoms. The number of hydrogen-bond donors (Lipinski definition) is 2. The summed E-state index contributed by atoms with van der Waals surface area (Å²) < 4.78 is 22.6. The van der Waals surface area contributed by atoms with Gasteiger partial charge in [-0.25, -0.2) is 19.4 Å². The van der Waals surface area contributed by atoms with Gasteiger partial charge < -0.3 is 15.2 Å². The van der Waals surface area contributed by atoms with Crippen molar-refractivity contribution in [3.63, 3.8) is 0 Å². The highest BCUT2D eigenvalue weighted by Crippen LogP contribution is 2.32. The van der Waals surface area contributed by atoms with Gasteiger partial charge >= 0.3 is 0 Å². The van der Waals surface area contributed by atoms with Crippen molar-refractivity contribution >= 4 is 59.4 Å². The van der Waals surface area contributed by atoms with Crippen LogP contribution in [0.15, 0.2) is 46.5 Å². The van der Waals surface area contributed by atoms with Crippen LogP contribution in [-0.4, -0.2) is 28.8 Å². The van der Waals surface area contributed by atoms with Crippen molar-refractivity contribution in [3.8, 4) is 5.88 Å². The van der Waals surface area contributed by atoms with Crippen LogP contribution in [0.3, 0.4) is 0 Å². The average Bonchev–Trinajstić information content (AvgIpc) is 2.73. The molecule has 0 aliphatic rings. The summed E-state index contributed by atoms with van der Waals surface area (Å²) in [6.07, 6.45) is 4.83. The molecule has 3 N–H and O–H groups in total. The van der Waals surface area contributed by atoms with E-state index in [4.69, 9.17) is 22.1 Å². The molecule has 10 heteroatoms. The molecule has 0 radical (unpaired) electrons. The van der Waals surface area contributed by atoms with E-state index in [1.165, 1.54) is 37.4 Å². The molecule has 0 saturated heterocycles. The normalized spacial score (nSPS) is 11.3. The molecule has 1 aromatic carbocycles. The maximum atomic E-state index is 14.3. The number of nitrogens with one attached hydrogen (secondary N) is 1. The molecule has 3 rings (SSSR count). The van der Waals surface area contributed by atoms with Gasteiger partial charge in [-0.3, -0.25) is 0 Å². The molecule has 0 amide bonds. The van der Waals surface area contributed by atoms with Gasteiger partial charge in [-0.05, 0) is 67.1 Å². The minimum atomic E-state index is -0.393. The highest BCUT2D eigenvalue weighted by Gasteiger charge is 2.09. The van der Waals surface area contributed by atoms with Crippen LogP contribution in [0.5, 0.6) is 5.88 Å². The summed E-state index contributed by atoms with van der Waals surface area (Å²) in [4.78, 5) is 16.6. The highest BCUT2D eigenvalue weighted by atomic mass is 35.5. The van der Waals surface area contributed by atoms with Crippen molar-refractivity contribution in [1.82, 2.24) is 15.0 Å². The number of ether oxygens (including phenoxy) is 1. The number of aromatic nitrogens is 3. The van der Waals surface area contributed by atoms with Crippen LogP contribution in [-0.2, 0) is 0 Å². The van der Waals surface area contributed by atoms with Crippen molar-refractivity contribution in [2.45, 2.75) is 11.8 Å². The average molecular weight is 445 g/mol. The quantitative estimate of drug-likeness (QED) is 0.378. The number of nitrogens with zero attached hydrogens (tertiary/aromatic N) is 4. The van der Waals surface area contributed by atoms with Crippen LogP contribution < -0.4 is 15.2 Å². The molecule has 0 aliphatic carbocycles. The van der Waals surface area contributed by atoms with E-state index in [9.17, 15) is 4.39 Å². The first-order valence-electron chi connectivity index (χ1n) is 8.60. The number of nitrogens with two attached hydrogens (primary N) is 1. The smallest absolute Gasteiger partial charge is 0.228 e. The molecule has 0 saturated carbocycles. The summed E-state index contributed by atoms with van der Waals surface area (Å²) >= 11 is 7.22. The lowest BCUT2D eigenvalue weighted by molar-refractivity contribution is 0.387. The van der Waals surface area contributed by atoms with Crippen LogP contribution >= 0.6 is 23.5 Å². The van der Waals surface area contributed by atoms with Gasteiger partial charge in [0.05, 0.1) is 17.0 Å². The van der Waals surface area contributed by atoms with Crippen molar-refractivity contribution in [3.05, 3.63) is 58.6 Å². The maximum Gasteiger partial charge on any atom is 0.228 e. The molecule has 3 aromatic rings. The van der Waals surface area contributed by atoms with Crippen LogP contribution in [0.25, 0.3) is 11.6 Å². The fourth-order valence-corrected chi connectivity index (χ4v) is 3.54. The first-order valence-corrected chi connectivity index (χ1v) is 9.80. The number of hydrogen-bond acceptors (Lipinski definition) is 8. The third-order valence-electron chi connectivity index (χ3n) is 3.95. The first-order chi connectivity index (χ1) is 14.4. The molecular weight excluding hydrogens is 427 g/mol. The van der Waals surface area contributed by atoms with E-state index >= 15 is 0 Å². The Kier molecular flexibility index (Phi) is 6.86. The maximum absolute atomic E-state index is 14.3. The Morgan fingerprint density at radius 1 is 1.30 bits per heavy atom. The minimum Gasteiger partial charge on any atom is -0.480 e. The van der Waals surface area contributed by atoms with Crippen molar-refractivity contribution in [2.75, 3.05) is 17.6 Å². The molecule has 0 fully saturated rings. The lowest BCUT2D eigenvalue weighted by Gasteiger charge is -2.11. The van der Waals surface area contributed by atoms with E-state index < -0.39 is 5.82 Å². The van der Waals surface area contributed by atoms with E-state index in [-0.39, 0.29) is 5.95 Å². The molecule has 0 aliphatic heterocycles. The number of benzene rings is 1. The molecule has 30 heavy (non-hydrogen) atoms. The second kappa shape index (κ2) is 9.55. The van der Waals surface area contributed by atoms with E-state index in [0.29, 0.717) is 38.4 Å². The van der Waals surface area contributed by atoms with Crippen LogP contribution in [0, 0.1) is 5.82 Å². The van der Waals surface area contributed by atoms with Gasteiger partial charge in [0.2, 0.25) is 11.8 Å². The predicted molar refractivity (Wildman–Crippen MR) is 121 cm³/mol. The Labute approximate surface area is 182 Å². The molecule has 154 valence electrons. The third-order valence-corrected chi connectivity index (χ3v) is 5.00. The zero-order valence-electron chi connectivity index (χ0n) is 16.2. The summed E-state index contributed by atoms with van der Waals surface area (Å²) in [6.45, 7) is 5.34. The molecule has 7 nitrogen and oxygen atoms in total. The van der Waals surface area contributed by atoms with Gasteiger partial charge in [0.1, 0.15) is 5.82 Å². The third kappa shape index (κ3) is 5.25. The van der Waals surface area contributed by atoms with E-state index in [1.807, 2.05) is 13.0 Å². The summed E-state index contributed by atoms with van der Waals surface area (Å²) in [5, 5.41) is 0.469. The fourth-order valence-electron chi connectivity index (χ4n) is 2.57. The molecule has 0 bridgehead atoms. The molecule has 0 unspecified atom stereocenters. The number of halogens is 2. The number of methoxy groups -OCH3 is 1. The number of rotatable bonds is 7. The van der Waals surface area contributed by atoms with E-state index in [1.54, 1.807) is 18.3 Å². The number of nitrogen functional groups attached to an aromatic ring is 1. The molecule has 0 atom stereocenters. The Morgan fingerprint density at radius 3 is 2.83 bits per heavy atom. The largest absolute Gasteiger partial charge is 0.480 e. The van der Waals surface area contributed by atoms with Crippen LogP contribution in [0.1, 0.15) is 18.1 Å². The van der Waals surface area contributed by atoms with Crippen LogP contribution in [0.4, 0.5) is 21.8 Å². The fraction of sp³-hybridized carbons (Fsp3) is 0.100. The highest BCUT2D eigenvalue weighted by molar-refractivity contribution is 8.00. The predicted octanol–water partition coefficient (Wildman–Crippen LogP) is 5.27. The zero-order chi connectivity index (χ0) is 21.7. The molecular formula is C20H18ClFN6OS. The number of aliphatic imine (C=N–C) groups is 1. The molecule has 2 aromatic heterocycles. The van der Waals surface area contributed by atoms with E-state index in [2.05, 4.69) is 31.4 Å². The van der Waals surface area contributed by atoms with E-state index in [0.717, 1.165) is 5.57 Å². The number of anilines is 2. The van der Waals surface area contributed by atoms with Gasteiger partial charge in [0, 0.05) is 23.6 Å². The second-order valence-corrected chi connectivity index (χ2v) is 7.37. The van der Waals surface area contributed by atoms with Gasteiger partial charge in [-0.15, -0.1) is 0 Å². The topological polar surface area (TPSA) is 98.3 Å². The Morgan fingerprint density at radius 2 is 2.10 bits per heavy atom. The number of pyridine rings is 1. The Balaban J connectivity index is 1.87. The summed E-state index contributed by atoms with van der Waals surface area (Å²) in [7, 11) is 1.52. The summed E-state index contributed by atoms with van der Waals surface area (Å²) in [5.74, 6) is 0.479. The Bertz CT molecular complexity index is 1120. The van der Waals surface area contributed by atoms with Gasteiger partial charge in [0.15, 0.2) is 5.82 Å². The second-order valence-electron chi connectivity index (χ2n) is 6.09. The molecule has 2 heterocycles. The van der Waals surface area contributed by atoms with Gasteiger partial charge in [-0.2, -0.15) is 4.98 Å². The zero-order valence-corrected chi connectivity index (χ0v) is 17.8. The van der Waals surface area contributed by atoms with Gasteiger partial charge in [0.25, 0.3) is 0 Å². The monoisotopic (exact) mass is 444 g/mol. The van der Waals surface area contributed by atoms with Crippen molar-refractivity contribution in [2.24, 2.45) is 4.99 Å². The van der Waals surface area contributed by atoms with Crippen molar-refractivity contribution < 1.29 is 9.13 Å². The van der Waals surface area contributed by atoms with Crippen molar-refractivity contribution in [1.29, 1.82) is 0 Å². The van der Waals surface area contributed by atoms with Crippen LogP contribution in [0.2, 0.25) is 5.02 Å². The lowest BCUT2D eigenvalue weighted by Crippen LogP contribution is -1.96. The minimum absolute atomic E-state index is 0.104. The summed E-state index contributed by atoms with van der Waals surface area (Å²) in [6, 6.07) is 6.34. The lowest BCUT2D eigenvalue weighted by atomic mass is 10.0. The summed E-state index contributed by atoms with van der Waals surface area (Å²) in [5.41, 5.74) is 8.21. The number of allylic oxidation sites excluding steroid dienone is 1. The SMILES string of the molecule is C=Nc1nc(N)ncc1/C=C(\C)c1cc(F)cc(NSc2cc(Cl)cnc2OC)c1. The standard InChI is InChI=1S/C20H18ClFN6OS/c1-11(4-13-9-26-20(23)27-18(13)24-2)12-5-15(22)8-16(6-12)28-30-17-7-14(21)10-25-19(17)29-3/h4-10,28H,2H2,1,3H3,(H2,23,26,27)/b11-4+.